The summed E-state index contributed by atoms with van der Waals surface area (Å²) >= 11 is 0. The van der Waals surface area contributed by atoms with E-state index in [2.05, 4.69) is 5.32 Å². The molecule has 0 radical (unpaired) electrons. The maximum Gasteiger partial charge on any atom is 0.224 e. The van der Waals surface area contributed by atoms with Gasteiger partial charge in [-0.3, -0.25) is 4.79 Å². The minimum Gasteiger partial charge on any atom is -0.380 e. The van der Waals surface area contributed by atoms with Crippen LogP contribution in [0.3, 0.4) is 0 Å². The summed E-state index contributed by atoms with van der Waals surface area (Å²) in [6.45, 7) is 2.97. The average Bonchev–Trinajstić information content (AvgIpc) is 2.31. The van der Waals surface area contributed by atoms with Crippen LogP contribution in [-0.4, -0.2) is 19.6 Å². The smallest absolute Gasteiger partial charge is 0.224 e. The first-order chi connectivity index (χ1) is 8.17. The van der Waals surface area contributed by atoms with Crippen LogP contribution in [0.4, 0.5) is 5.69 Å². The number of carbonyl (C=O) groups is 1. The van der Waals surface area contributed by atoms with Crippen molar-refractivity contribution in [1.82, 2.24) is 0 Å². The van der Waals surface area contributed by atoms with Gasteiger partial charge in [-0.25, -0.2) is 0 Å². The maximum absolute atomic E-state index is 11.7. The monoisotopic (exact) mass is 236 g/mol. The van der Waals surface area contributed by atoms with Crippen LogP contribution in [0.1, 0.15) is 18.9 Å². The first-order valence-electron chi connectivity index (χ1n) is 5.74. The van der Waals surface area contributed by atoms with Crippen LogP contribution < -0.4 is 11.1 Å². The van der Waals surface area contributed by atoms with Gasteiger partial charge in [0.05, 0.1) is 6.61 Å². The van der Waals surface area contributed by atoms with Crippen molar-refractivity contribution in [2.75, 3.05) is 19.0 Å². The molecule has 4 heteroatoms. The number of hydrogen-bond donors (Lipinski definition) is 2. The van der Waals surface area contributed by atoms with Crippen molar-refractivity contribution >= 4 is 11.6 Å². The highest BCUT2D eigenvalue weighted by Gasteiger charge is 2.09. The SMILES string of the molecule is COCc1ccccc1NC(=O)CC(C)CN. The predicted octanol–water partition coefficient (Wildman–Crippen LogP) is 1.76. The second kappa shape index (κ2) is 7.04. The molecule has 3 N–H and O–H groups in total. The molecular weight excluding hydrogens is 216 g/mol. The molecule has 0 aliphatic heterocycles. The number of carbonyl (C=O) groups excluding carboxylic acids is 1. The zero-order valence-corrected chi connectivity index (χ0v) is 10.4. The van der Waals surface area contributed by atoms with Gasteiger partial charge in [-0.05, 0) is 18.5 Å². The van der Waals surface area contributed by atoms with Crippen LogP contribution in [0.25, 0.3) is 0 Å². The Morgan fingerprint density at radius 3 is 2.82 bits per heavy atom. The molecule has 94 valence electrons. The van der Waals surface area contributed by atoms with Crippen molar-refractivity contribution in [3.05, 3.63) is 29.8 Å². The summed E-state index contributed by atoms with van der Waals surface area (Å²) in [7, 11) is 1.63. The molecule has 0 saturated carbocycles. The maximum atomic E-state index is 11.7. The molecule has 1 aromatic rings. The zero-order chi connectivity index (χ0) is 12.7. The van der Waals surface area contributed by atoms with Crippen molar-refractivity contribution in [1.29, 1.82) is 0 Å². The zero-order valence-electron chi connectivity index (χ0n) is 10.4. The van der Waals surface area contributed by atoms with Gasteiger partial charge in [-0.1, -0.05) is 25.1 Å². The molecule has 1 atom stereocenters. The van der Waals surface area contributed by atoms with E-state index in [0.717, 1.165) is 11.3 Å². The molecule has 0 saturated heterocycles. The predicted molar refractivity (Wildman–Crippen MR) is 68.6 cm³/mol. The van der Waals surface area contributed by atoms with Gasteiger partial charge in [0.2, 0.25) is 5.91 Å². The van der Waals surface area contributed by atoms with Gasteiger partial charge in [0.25, 0.3) is 0 Å². The fourth-order valence-corrected chi connectivity index (χ4v) is 1.52. The first-order valence-corrected chi connectivity index (χ1v) is 5.74. The van der Waals surface area contributed by atoms with Crippen molar-refractivity contribution in [2.45, 2.75) is 20.0 Å². The summed E-state index contributed by atoms with van der Waals surface area (Å²) < 4.78 is 5.08. The van der Waals surface area contributed by atoms with E-state index in [-0.39, 0.29) is 11.8 Å². The Morgan fingerprint density at radius 2 is 2.18 bits per heavy atom. The Hall–Kier alpha value is -1.39. The molecule has 1 aromatic carbocycles. The van der Waals surface area contributed by atoms with Gasteiger partial charge in [0, 0.05) is 24.8 Å². The summed E-state index contributed by atoms with van der Waals surface area (Å²) in [5.41, 5.74) is 7.28. The fourth-order valence-electron chi connectivity index (χ4n) is 1.52. The first kappa shape index (κ1) is 13.7. The number of benzene rings is 1. The van der Waals surface area contributed by atoms with Crippen LogP contribution in [-0.2, 0) is 16.1 Å². The third-order valence-electron chi connectivity index (χ3n) is 2.53. The Balaban J connectivity index is 2.64. The molecule has 4 nitrogen and oxygen atoms in total. The molecule has 1 unspecified atom stereocenters. The van der Waals surface area contributed by atoms with E-state index in [9.17, 15) is 4.79 Å². The molecule has 0 aliphatic carbocycles. The van der Waals surface area contributed by atoms with Crippen LogP contribution in [0.15, 0.2) is 24.3 Å². The van der Waals surface area contributed by atoms with E-state index in [1.54, 1.807) is 7.11 Å². The quantitative estimate of drug-likeness (QED) is 0.791. The lowest BCUT2D eigenvalue weighted by atomic mass is 10.1. The van der Waals surface area contributed by atoms with E-state index >= 15 is 0 Å². The minimum absolute atomic E-state index is 0.00787. The largest absolute Gasteiger partial charge is 0.380 e. The van der Waals surface area contributed by atoms with Gasteiger partial charge in [-0.15, -0.1) is 0 Å². The molecule has 17 heavy (non-hydrogen) atoms. The van der Waals surface area contributed by atoms with E-state index < -0.39 is 0 Å². The lowest BCUT2D eigenvalue weighted by molar-refractivity contribution is -0.116. The van der Waals surface area contributed by atoms with Crippen LogP contribution in [0, 0.1) is 5.92 Å². The topological polar surface area (TPSA) is 64.3 Å². The van der Waals surface area contributed by atoms with E-state index in [1.807, 2.05) is 31.2 Å². The van der Waals surface area contributed by atoms with Crippen LogP contribution >= 0.6 is 0 Å². The number of para-hydroxylation sites is 1. The highest BCUT2D eigenvalue weighted by molar-refractivity contribution is 5.91. The average molecular weight is 236 g/mol. The summed E-state index contributed by atoms with van der Waals surface area (Å²) in [5, 5.41) is 2.89. The second-order valence-electron chi connectivity index (χ2n) is 4.18. The molecule has 1 rings (SSSR count). The second-order valence-corrected chi connectivity index (χ2v) is 4.18. The van der Waals surface area contributed by atoms with Gasteiger partial charge >= 0.3 is 0 Å². The van der Waals surface area contributed by atoms with Crippen molar-refractivity contribution in [3.63, 3.8) is 0 Å². The summed E-state index contributed by atoms with van der Waals surface area (Å²) in [5.74, 6) is 0.191. The van der Waals surface area contributed by atoms with Gasteiger partial charge in [-0.2, -0.15) is 0 Å². The number of nitrogens with two attached hydrogens (primary N) is 1. The summed E-state index contributed by atoms with van der Waals surface area (Å²) in [4.78, 5) is 11.7. The standard InChI is InChI=1S/C13H20N2O2/c1-10(8-14)7-13(16)15-12-6-4-3-5-11(12)9-17-2/h3-6,10H,7-9,14H2,1-2H3,(H,15,16). The summed E-state index contributed by atoms with van der Waals surface area (Å²) in [6, 6.07) is 7.62. The Kier molecular flexibility index (Phi) is 5.66. The Bertz CT molecular complexity index is 366. The molecule has 0 bridgehead atoms. The van der Waals surface area contributed by atoms with Gasteiger partial charge < -0.3 is 15.8 Å². The molecule has 0 spiro atoms. The highest BCUT2D eigenvalue weighted by atomic mass is 16.5. The van der Waals surface area contributed by atoms with E-state index in [1.165, 1.54) is 0 Å². The lowest BCUT2D eigenvalue weighted by Crippen LogP contribution is -2.20. The molecule has 0 aliphatic rings. The molecule has 0 fully saturated rings. The number of amides is 1. The van der Waals surface area contributed by atoms with E-state index in [0.29, 0.717) is 19.6 Å². The van der Waals surface area contributed by atoms with Crippen molar-refractivity contribution < 1.29 is 9.53 Å². The minimum atomic E-state index is -0.00787. The van der Waals surface area contributed by atoms with Gasteiger partial charge in [0.1, 0.15) is 0 Å². The Labute approximate surface area is 102 Å². The lowest BCUT2D eigenvalue weighted by Gasteiger charge is -2.12. The normalized spacial score (nSPS) is 12.2. The molecular formula is C13H20N2O2. The summed E-state index contributed by atoms with van der Waals surface area (Å²) in [6.07, 6.45) is 0.442. The molecule has 0 aromatic heterocycles. The number of anilines is 1. The van der Waals surface area contributed by atoms with Gasteiger partial charge in [0.15, 0.2) is 0 Å². The Morgan fingerprint density at radius 1 is 1.47 bits per heavy atom. The third kappa shape index (κ3) is 4.54. The number of ether oxygens (including phenoxy) is 1. The van der Waals surface area contributed by atoms with Crippen molar-refractivity contribution in [3.8, 4) is 0 Å². The van der Waals surface area contributed by atoms with E-state index in [4.69, 9.17) is 10.5 Å². The highest BCUT2D eigenvalue weighted by Crippen LogP contribution is 2.16. The van der Waals surface area contributed by atoms with Crippen LogP contribution in [0.2, 0.25) is 0 Å². The third-order valence-corrected chi connectivity index (χ3v) is 2.53. The number of rotatable bonds is 6. The number of nitrogens with one attached hydrogen (secondary N) is 1. The molecule has 0 heterocycles. The fraction of sp³-hybridized carbons (Fsp3) is 0.462. The van der Waals surface area contributed by atoms with Crippen LogP contribution in [0.5, 0.6) is 0 Å². The molecule has 1 amide bonds. The number of hydrogen-bond acceptors (Lipinski definition) is 3. The van der Waals surface area contributed by atoms with Crippen molar-refractivity contribution in [2.24, 2.45) is 11.7 Å². The number of methoxy groups -OCH3 is 1.